The zero-order valence-electron chi connectivity index (χ0n) is 11.5. The molecule has 0 aliphatic carbocycles. The van der Waals surface area contributed by atoms with Gasteiger partial charge in [0.25, 0.3) is 0 Å². The van der Waals surface area contributed by atoms with Crippen LogP contribution in [-0.4, -0.2) is 30.6 Å². The highest BCUT2D eigenvalue weighted by Crippen LogP contribution is 2.22. The van der Waals surface area contributed by atoms with E-state index >= 15 is 0 Å². The fourth-order valence-electron chi connectivity index (χ4n) is 2.65. The van der Waals surface area contributed by atoms with Crippen molar-refractivity contribution in [1.82, 2.24) is 10.2 Å². The number of hydrogen-bond acceptors (Lipinski definition) is 2. The Labute approximate surface area is 119 Å². The molecule has 0 bridgehead atoms. The summed E-state index contributed by atoms with van der Waals surface area (Å²) in [7, 11) is 0. The van der Waals surface area contributed by atoms with Crippen LogP contribution in [0.15, 0.2) is 18.2 Å². The van der Waals surface area contributed by atoms with Crippen molar-refractivity contribution < 1.29 is 4.39 Å². The molecule has 1 saturated heterocycles. The highest BCUT2D eigenvalue weighted by Gasteiger charge is 2.23. The van der Waals surface area contributed by atoms with E-state index in [0.29, 0.717) is 6.04 Å². The molecule has 1 aromatic rings. The Kier molecular flexibility index (Phi) is 5.61. The van der Waals surface area contributed by atoms with E-state index in [1.807, 2.05) is 6.07 Å². The Morgan fingerprint density at radius 2 is 2.32 bits per heavy atom. The second kappa shape index (κ2) is 7.22. The maximum Gasteiger partial charge on any atom is 0.141 e. The lowest BCUT2D eigenvalue weighted by molar-refractivity contribution is 0.239. The molecule has 2 nitrogen and oxygen atoms in total. The Morgan fingerprint density at radius 1 is 1.47 bits per heavy atom. The first-order chi connectivity index (χ1) is 9.20. The lowest BCUT2D eigenvalue weighted by atomic mass is 10.1. The third kappa shape index (κ3) is 4.16. The van der Waals surface area contributed by atoms with E-state index in [0.717, 1.165) is 31.7 Å². The van der Waals surface area contributed by atoms with Gasteiger partial charge in [0.2, 0.25) is 0 Å². The third-order valence-electron chi connectivity index (χ3n) is 3.68. The molecule has 1 heterocycles. The molecule has 106 valence electrons. The van der Waals surface area contributed by atoms with E-state index in [9.17, 15) is 4.39 Å². The Morgan fingerprint density at radius 3 is 3.05 bits per heavy atom. The van der Waals surface area contributed by atoms with Crippen LogP contribution >= 0.6 is 11.6 Å². The summed E-state index contributed by atoms with van der Waals surface area (Å²) < 4.78 is 13.1. The Balaban J connectivity index is 1.91. The molecule has 1 aliphatic heterocycles. The standard InChI is InChI=1S/C15H22ClFN2/c1-2-7-18-10-13-4-3-8-19(13)11-12-5-6-15(17)14(16)9-12/h5-6,9,13,18H,2-4,7-8,10-11H2,1H3. The first kappa shape index (κ1) is 14.8. The zero-order chi connectivity index (χ0) is 13.7. The molecule has 2 rings (SSSR count). The van der Waals surface area contributed by atoms with Gasteiger partial charge in [-0.3, -0.25) is 4.90 Å². The first-order valence-corrected chi connectivity index (χ1v) is 7.47. The summed E-state index contributed by atoms with van der Waals surface area (Å²) in [6.45, 7) is 6.28. The van der Waals surface area contributed by atoms with Gasteiger partial charge in [0.05, 0.1) is 5.02 Å². The predicted molar refractivity (Wildman–Crippen MR) is 78.0 cm³/mol. The minimum absolute atomic E-state index is 0.220. The summed E-state index contributed by atoms with van der Waals surface area (Å²) in [6.07, 6.45) is 3.65. The van der Waals surface area contributed by atoms with Crippen LogP contribution in [0.2, 0.25) is 5.02 Å². The summed E-state index contributed by atoms with van der Waals surface area (Å²) >= 11 is 5.83. The number of benzene rings is 1. The van der Waals surface area contributed by atoms with E-state index in [1.54, 1.807) is 6.07 Å². The minimum atomic E-state index is -0.340. The summed E-state index contributed by atoms with van der Waals surface area (Å²) in [5.41, 5.74) is 1.09. The molecule has 0 aromatic heterocycles. The predicted octanol–water partition coefficient (Wildman–Crippen LogP) is 3.44. The lowest BCUT2D eigenvalue weighted by Crippen LogP contribution is -2.37. The topological polar surface area (TPSA) is 15.3 Å². The number of nitrogens with one attached hydrogen (secondary N) is 1. The molecular formula is C15H22ClFN2. The van der Waals surface area contributed by atoms with Crippen molar-refractivity contribution in [3.8, 4) is 0 Å². The second-order valence-electron chi connectivity index (χ2n) is 5.22. The monoisotopic (exact) mass is 284 g/mol. The molecule has 0 amide bonds. The molecule has 0 saturated carbocycles. The van der Waals surface area contributed by atoms with Gasteiger partial charge >= 0.3 is 0 Å². The average Bonchev–Trinajstić information content (AvgIpc) is 2.82. The summed E-state index contributed by atoms with van der Waals surface area (Å²) in [4.78, 5) is 2.46. The van der Waals surface area contributed by atoms with Crippen molar-refractivity contribution in [2.75, 3.05) is 19.6 Å². The largest absolute Gasteiger partial charge is 0.315 e. The van der Waals surface area contributed by atoms with Crippen LogP contribution in [0.1, 0.15) is 31.7 Å². The second-order valence-corrected chi connectivity index (χ2v) is 5.63. The molecule has 1 aliphatic rings. The van der Waals surface area contributed by atoms with Gasteiger partial charge in [-0.2, -0.15) is 0 Å². The van der Waals surface area contributed by atoms with E-state index in [-0.39, 0.29) is 10.8 Å². The van der Waals surface area contributed by atoms with E-state index < -0.39 is 0 Å². The summed E-state index contributed by atoms with van der Waals surface area (Å²) in [5.74, 6) is -0.340. The van der Waals surface area contributed by atoms with Crippen molar-refractivity contribution in [2.24, 2.45) is 0 Å². The average molecular weight is 285 g/mol. The van der Waals surface area contributed by atoms with Gasteiger partial charge in [-0.25, -0.2) is 4.39 Å². The SMILES string of the molecule is CCCNCC1CCCN1Cc1ccc(F)c(Cl)c1. The quantitative estimate of drug-likeness (QED) is 0.805. The molecule has 1 unspecified atom stereocenters. The van der Waals surface area contributed by atoms with Crippen LogP contribution in [0, 0.1) is 5.82 Å². The Bertz CT molecular complexity index is 411. The van der Waals surface area contributed by atoms with Crippen LogP contribution in [-0.2, 0) is 6.54 Å². The van der Waals surface area contributed by atoms with Gasteiger partial charge in [0.1, 0.15) is 5.82 Å². The van der Waals surface area contributed by atoms with Crippen molar-refractivity contribution in [3.05, 3.63) is 34.6 Å². The Hall–Kier alpha value is -0.640. The molecule has 1 atom stereocenters. The highest BCUT2D eigenvalue weighted by molar-refractivity contribution is 6.30. The molecule has 0 radical (unpaired) electrons. The molecule has 19 heavy (non-hydrogen) atoms. The van der Waals surface area contributed by atoms with Crippen LogP contribution in [0.4, 0.5) is 4.39 Å². The van der Waals surface area contributed by atoms with Crippen molar-refractivity contribution in [3.63, 3.8) is 0 Å². The van der Waals surface area contributed by atoms with Gasteiger partial charge in [-0.05, 0) is 50.0 Å². The van der Waals surface area contributed by atoms with Gasteiger partial charge in [-0.15, -0.1) is 0 Å². The van der Waals surface area contributed by atoms with Gasteiger partial charge < -0.3 is 5.32 Å². The number of hydrogen-bond donors (Lipinski definition) is 1. The maximum atomic E-state index is 13.1. The van der Waals surface area contributed by atoms with Crippen LogP contribution in [0.3, 0.4) is 0 Å². The molecule has 1 fully saturated rings. The molecule has 0 spiro atoms. The summed E-state index contributed by atoms with van der Waals surface area (Å²) in [5, 5.41) is 3.71. The fraction of sp³-hybridized carbons (Fsp3) is 0.600. The molecule has 1 N–H and O–H groups in total. The van der Waals surface area contributed by atoms with Gasteiger partial charge in [0.15, 0.2) is 0 Å². The zero-order valence-corrected chi connectivity index (χ0v) is 12.2. The number of rotatable bonds is 6. The van der Waals surface area contributed by atoms with Crippen molar-refractivity contribution >= 4 is 11.6 Å². The van der Waals surface area contributed by atoms with Gasteiger partial charge in [-0.1, -0.05) is 24.6 Å². The smallest absolute Gasteiger partial charge is 0.141 e. The summed E-state index contributed by atoms with van der Waals surface area (Å²) in [6, 6.07) is 5.62. The minimum Gasteiger partial charge on any atom is -0.315 e. The first-order valence-electron chi connectivity index (χ1n) is 7.09. The lowest BCUT2D eigenvalue weighted by Gasteiger charge is -2.25. The number of nitrogens with zero attached hydrogens (tertiary/aromatic N) is 1. The van der Waals surface area contributed by atoms with Crippen LogP contribution < -0.4 is 5.32 Å². The van der Waals surface area contributed by atoms with E-state index in [1.165, 1.54) is 25.3 Å². The molecule has 1 aromatic carbocycles. The van der Waals surface area contributed by atoms with E-state index in [2.05, 4.69) is 17.1 Å². The maximum absolute atomic E-state index is 13.1. The number of halogens is 2. The third-order valence-corrected chi connectivity index (χ3v) is 3.97. The van der Waals surface area contributed by atoms with E-state index in [4.69, 9.17) is 11.6 Å². The van der Waals surface area contributed by atoms with Gasteiger partial charge in [0, 0.05) is 19.1 Å². The number of likely N-dealkylation sites (tertiary alicyclic amines) is 1. The van der Waals surface area contributed by atoms with Crippen molar-refractivity contribution in [2.45, 2.75) is 38.8 Å². The van der Waals surface area contributed by atoms with Crippen LogP contribution in [0.5, 0.6) is 0 Å². The fourth-order valence-corrected chi connectivity index (χ4v) is 2.86. The highest BCUT2D eigenvalue weighted by atomic mass is 35.5. The molecule has 4 heteroatoms. The van der Waals surface area contributed by atoms with Crippen LogP contribution in [0.25, 0.3) is 0 Å². The van der Waals surface area contributed by atoms with Crippen molar-refractivity contribution in [1.29, 1.82) is 0 Å². The molecular weight excluding hydrogens is 263 g/mol. The normalized spacial score (nSPS) is 20.1.